The standard InChI is InChI=1S/C66H44N2O/c1-2-16-45(17-3-1)50-18-14-19-51(44-50)48-38-42-53(43-39-48)67(52-40-36-47(37-41-52)46-32-34-49(35-33-46)54-25-15-26-60-59-24-8-13-31-65(59)69-66(54)60)61-27-9-4-20-55(61)56-21-5-10-28-62(56)68-63-29-11-6-22-57(63)58-23-7-12-30-64(58)68/h1-44H. The zero-order valence-corrected chi connectivity index (χ0v) is 37.7. The zero-order chi connectivity index (χ0) is 45.7. The number of anilines is 3. The third-order valence-corrected chi connectivity index (χ3v) is 13.6. The van der Waals surface area contributed by atoms with E-state index in [1.807, 2.05) is 12.1 Å². The van der Waals surface area contributed by atoms with E-state index in [-0.39, 0.29) is 0 Å². The molecule has 2 aromatic heterocycles. The van der Waals surface area contributed by atoms with Crippen molar-refractivity contribution in [3.8, 4) is 61.3 Å². The Morgan fingerprint density at radius 2 is 0.739 bits per heavy atom. The molecular weight excluding hydrogens is 837 g/mol. The Kier molecular flexibility index (Phi) is 9.84. The molecule has 13 rings (SSSR count). The molecule has 3 nitrogen and oxygen atoms in total. The van der Waals surface area contributed by atoms with Crippen molar-refractivity contribution in [2.24, 2.45) is 0 Å². The number of para-hydroxylation sites is 6. The third-order valence-electron chi connectivity index (χ3n) is 13.6. The predicted molar refractivity (Wildman–Crippen MR) is 290 cm³/mol. The molecule has 324 valence electrons. The summed E-state index contributed by atoms with van der Waals surface area (Å²) in [7, 11) is 0. The highest BCUT2D eigenvalue weighted by molar-refractivity contribution is 6.11. The summed E-state index contributed by atoms with van der Waals surface area (Å²) in [6, 6.07) is 96.1. The van der Waals surface area contributed by atoms with Gasteiger partial charge in [0, 0.05) is 49.6 Å². The summed E-state index contributed by atoms with van der Waals surface area (Å²) < 4.78 is 8.83. The summed E-state index contributed by atoms with van der Waals surface area (Å²) >= 11 is 0. The van der Waals surface area contributed by atoms with Gasteiger partial charge in [-0.25, -0.2) is 0 Å². The Bertz CT molecular complexity index is 3940. The van der Waals surface area contributed by atoms with E-state index in [0.29, 0.717) is 0 Å². The fourth-order valence-corrected chi connectivity index (χ4v) is 10.3. The molecule has 69 heavy (non-hydrogen) atoms. The van der Waals surface area contributed by atoms with Gasteiger partial charge in [0.05, 0.1) is 22.4 Å². The number of nitrogens with zero attached hydrogens (tertiary/aromatic N) is 2. The minimum Gasteiger partial charge on any atom is -0.455 e. The summed E-state index contributed by atoms with van der Waals surface area (Å²) in [4.78, 5) is 2.41. The molecule has 0 aliphatic heterocycles. The maximum atomic E-state index is 6.40. The topological polar surface area (TPSA) is 21.3 Å². The Balaban J connectivity index is 0.912. The van der Waals surface area contributed by atoms with Crippen LogP contribution >= 0.6 is 0 Å². The van der Waals surface area contributed by atoms with Crippen molar-refractivity contribution in [1.82, 2.24) is 4.57 Å². The Labute approximate surface area is 401 Å². The summed E-state index contributed by atoms with van der Waals surface area (Å²) in [6.45, 7) is 0. The van der Waals surface area contributed by atoms with Gasteiger partial charge < -0.3 is 13.9 Å². The van der Waals surface area contributed by atoms with Crippen LogP contribution in [0.1, 0.15) is 0 Å². The molecule has 0 bridgehead atoms. The number of furan rings is 1. The maximum Gasteiger partial charge on any atom is 0.143 e. The van der Waals surface area contributed by atoms with E-state index in [9.17, 15) is 0 Å². The average Bonchev–Trinajstić information content (AvgIpc) is 3.98. The quantitative estimate of drug-likeness (QED) is 0.144. The molecule has 0 amide bonds. The lowest BCUT2D eigenvalue weighted by Gasteiger charge is -2.29. The molecule has 0 radical (unpaired) electrons. The first-order valence-electron chi connectivity index (χ1n) is 23.6. The van der Waals surface area contributed by atoms with Gasteiger partial charge in [-0.15, -0.1) is 0 Å². The Morgan fingerprint density at radius 1 is 0.290 bits per heavy atom. The second-order valence-electron chi connectivity index (χ2n) is 17.6. The van der Waals surface area contributed by atoms with Crippen LogP contribution in [0.4, 0.5) is 17.1 Å². The molecule has 0 fully saturated rings. The van der Waals surface area contributed by atoms with Crippen molar-refractivity contribution in [2.75, 3.05) is 4.90 Å². The number of benzene rings is 11. The van der Waals surface area contributed by atoms with Crippen molar-refractivity contribution in [2.45, 2.75) is 0 Å². The van der Waals surface area contributed by atoms with Crippen molar-refractivity contribution in [3.63, 3.8) is 0 Å². The first-order chi connectivity index (χ1) is 34.2. The highest BCUT2D eigenvalue weighted by atomic mass is 16.3. The van der Waals surface area contributed by atoms with E-state index in [4.69, 9.17) is 4.42 Å². The average molecular weight is 881 g/mol. The van der Waals surface area contributed by atoms with Crippen molar-refractivity contribution < 1.29 is 4.42 Å². The first-order valence-corrected chi connectivity index (χ1v) is 23.6. The normalized spacial score (nSPS) is 11.5. The fraction of sp³-hybridized carbons (Fsp3) is 0. The number of hydrogen-bond donors (Lipinski definition) is 0. The van der Waals surface area contributed by atoms with Crippen molar-refractivity contribution in [1.29, 1.82) is 0 Å². The SMILES string of the molecule is c1ccc(-c2cccc(-c3ccc(N(c4ccc(-c5ccc(-c6cccc7c6oc6ccccc67)cc5)cc4)c4ccccc4-c4ccccc4-n4c5ccccc5c5ccccc54)cc3)c2)cc1. The van der Waals surface area contributed by atoms with Crippen LogP contribution in [-0.2, 0) is 0 Å². The van der Waals surface area contributed by atoms with Crippen molar-refractivity contribution in [3.05, 3.63) is 267 Å². The Hall–Kier alpha value is -9.18. The number of hydrogen-bond acceptors (Lipinski definition) is 2. The summed E-state index contributed by atoms with van der Waals surface area (Å²) in [5, 5.41) is 4.76. The van der Waals surface area contributed by atoms with Crippen LogP contribution < -0.4 is 4.90 Å². The predicted octanol–water partition coefficient (Wildman–Crippen LogP) is 18.5. The lowest BCUT2D eigenvalue weighted by Crippen LogP contribution is -2.11. The monoisotopic (exact) mass is 880 g/mol. The van der Waals surface area contributed by atoms with Gasteiger partial charge in [0.15, 0.2) is 0 Å². The van der Waals surface area contributed by atoms with Crippen LogP contribution in [0.5, 0.6) is 0 Å². The molecular formula is C66H44N2O. The molecule has 3 heteroatoms. The van der Waals surface area contributed by atoms with Gasteiger partial charge in [-0.05, 0) is 99.6 Å². The van der Waals surface area contributed by atoms with Gasteiger partial charge in [-0.1, -0.05) is 206 Å². The van der Waals surface area contributed by atoms with Gasteiger partial charge >= 0.3 is 0 Å². The highest BCUT2D eigenvalue weighted by Gasteiger charge is 2.22. The van der Waals surface area contributed by atoms with Gasteiger partial charge in [0.25, 0.3) is 0 Å². The maximum absolute atomic E-state index is 6.40. The number of fused-ring (bicyclic) bond motifs is 6. The minimum absolute atomic E-state index is 0.908. The second-order valence-corrected chi connectivity index (χ2v) is 17.6. The lowest BCUT2D eigenvalue weighted by atomic mass is 9.97. The zero-order valence-electron chi connectivity index (χ0n) is 37.7. The molecule has 0 saturated carbocycles. The second kappa shape index (κ2) is 16.9. The fourth-order valence-electron chi connectivity index (χ4n) is 10.3. The van der Waals surface area contributed by atoms with Gasteiger partial charge in [-0.3, -0.25) is 0 Å². The third kappa shape index (κ3) is 7.08. The van der Waals surface area contributed by atoms with E-state index in [1.54, 1.807) is 0 Å². The largest absolute Gasteiger partial charge is 0.455 e. The molecule has 0 aliphatic carbocycles. The lowest BCUT2D eigenvalue weighted by molar-refractivity contribution is 0.670. The first kappa shape index (κ1) is 40.1. The van der Waals surface area contributed by atoms with Crippen LogP contribution in [-0.4, -0.2) is 4.57 Å². The van der Waals surface area contributed by atoms with E-state index in [0.717, 1.165) is 83.6 Å². The molecule has 11 aromatic carbocycles. The van der Waals surface area contributed by atoms with Gasteiger partial charge in [0.1, 0.15) is 11.2 Å². The van der Waals surface area contributed by atoms with Crippen molar-refractivity contribution >= 4 is 60.8 Å². The Morgan fingerprint density at radius 3 is 1.42 bits per heavy atom. The van der Waals surface area contributed by atoms with Crippen LogP contribution in [0.2, 0.25) is 0 Å². The molecule has 2 heterocycles. The summed E-state index contributed by atoms with van der Waals surface area (Å²) in [5.41, 5.74) is 20.1. The molecule has 0 N–H and O–H groups in total. The van der Waals surface area contributed by atoms with E-state index < -0.39 is 0 Å². The van der Waals surface area contributed by atoms with E-state index in [2.05, 4.69) is 264 Å². The van der Waals surface area contributed by atoms with Gasteiger partial charge in [0.2, 0.25) is 0 Å². The van der Waals surface area contributed by atoms with E-state index >= 15 is 0 Å². The molecule has 13 aromatic rings. The molecule has 0 saturated heterocycles. The minimum atomic E-state index is 0.908. The summed E-state index contributed by atoms with van der Waals surface area (Å²) in [5.74, 6) is 0. The molecule has 0 atom stereocenters. The highest BCUT2D eigenvalue weighted by Crippen LogP contribution is 2.45. The molecule has 0 spiro atoms. The number of aromatic nitrogens is 1. The molecule has 0 unspecified atom stereocenters. The molecule has 0 aliphatic rings. The number of rotatable bonds is 9. The van der Waals surface area contributed by atoms with Crippen LogP contribution in [0, 0.1) is 0 Å². The van der Waals surface area contributed by atoms with Crippen LogP contribution in [0.25, 0.3) is 105 Å². The van der Waals surface area contributed by atoms with E-state index in [1.165, 1.54) is 38.5 Å². The van der Waals surface area contributed by atoms with Crippen LogP contribution in [0.3, 0.4) is 0 Å². The van der Waals surface area contributed by atoms with Crippen LogP contribution in [0.15, 0.2) is 271 Å². The smallest absolute Gasteiger partial charge is 0.143 e. The summed E-state index contributed by atoms with van der Waals surface area (Å²) in [6.07, 6.45) is 0. The van der Waals surface area contributed by atoms with Gasteiger partial charge in [-0.2, -0.15) is 0 Å².